The molecule has 0 unspecified atom stereocenters. The van der Waals surface area contributed by atoms with E-state index in [-0.39, 0.29) is 5.71 Å². The fourth-order valence-corrected chi connectivity index (χ4v) is 3.94. The van der Waals surface area contributed by atoms with E-state index >= 15 is 0 Å². The Hall–Kier alpha value is -3.41. The summed E-state index contributed by atoms with van der Waals surface area (Å²) in [5.41, 5.74) is 4.10. The molecule has 1 aliphatic rings. The van der Waals surface area contributed by atoms with Gasteiger partial charge in [0.2, 0.25) is 16.9 Å². The minimum Gasteiger partial charge on any atom is -0.464 e. The molecule has 0 atom stereocenters. The number of carbonyl (C=O) groups excluding carboxylic acids is 1. The minimum atomic E-state index is -0.471. The molecule has 154 valence electrons. The van der Waals surface area contributed by atoms with Crippen LogP contribution in [0, 0.1) is 0 Å². The van der Waals surface area contributed by atoms with Gasteiger partial charge in [-0.1, -0.05) is 12.1 Å². The maximum atomic E-state index is 12.6. The average molecular weight is 404 g/mol. The van der Waals surface area contributed by atoms with E-state index in [2.05, 4.69) is 22.1 Å². The van der Waals surface area contributed by atoms with Crippen LogP contribution in [0.5, 0.6) is 0 Å². The van der Waals surface area contributed by atoms with Crippen LogP contribution < -0.4 is 14.5 Å². The largest absolute Gasteiger partial charge is 0.464 e. The molecule has 6 heteroatoms. The number of ether oxygens (including phenoxy) is 1. The fraction of sp³-hybridized carbons (Fsp3) is 0.292. The number of aromatic nitrogens is 1. The maximum absolute atomic E-state index is 12.6. The highest BCUT2D eigenvalue weighted by Crippen LogP contribution is 2.24. The molecule has 0 N–H and O–H groups in total. The molecule has 3 aromatic rings. The molecule has 4 rings (SSSR count). The van der Waals surface area contributed by atoms with Gasteiger partial charge in [-0.25, -0.2) is 4.79 Å². The highest BCUT2D eigenvalue weighted by molar-refractivity contribution is 6.42. The predicted molar refractivity (Wildman–Crippen MR) is 120 cm³/mol. The molecule has 1 aromatic heterocycles. The molecular weight excluding hydrogens is 376 g/mol. The van der Waals surface area contributed by atoms with Crippen molar-refractivity contribution < 1.29 is 14.1 Å². The smallest absolute Gasteiger partial charge is 0.365 e. The number of benzene rings is 2. The number of para-hydroxylation sites is 1. The first-order valence-electron chi connectivity index (χ1n) is 10.2. The summed E-state index contributed by atoms with van der Waals surface area (Å²) in [4.78, 5) is 15.0. The molecule has 2 heterocycles. The van der Waals surface area contributed by atoms with Crippen molar-refractivity contribution in [3.63, 3.8) is 0 Å². The molecule has 0 aliphatic carbocycles. The second-order valence-corrected chi connectivity index (χ2v) is 7.51. The van der Waals surface area contributed by atoms with E-state index < -0.39 is 5.97 Å². The Bertz CT molecular complexity index is 1090. The zero-order valence-electron chi connectivity index (χ0n) is 17.7. The molecule has 0 spiro atoms. The van der Waals surface area contributed by atoms with Gasteiger partial charge in [-0.05, 0) is 49.2 Å². The van der Waals surface area contributed by atoms with Crippen LogP contribution in [0.25, 0.3) is 10.9 Å². The molecule has 0 saturated carbocycles. The summed E-state index contributed by atoms with van der Waals surface area (Å²) in [6.45, 7) is 2.22. The Morgan fingerprint density at radius 3 is 2.43 bits per heavy atom. The van der Waals surface area contributed by atoms with Crippen LogP contribution in [0.2, 0.25) is 0 Å². The summed E-state index contributed by atoms with van der Waals surface area (Å²) in [7, 11) is 5.15. The van der Waals surface area contributed by atoms with Gasteiger partial charge in [0.1, 0.15) is 7.05 Å². The maximum Gasteiger partial charge on any atom is 0.365 e. The van der Waals surface area contributed by atoms with Crippen LogP contribution in [0.4, 0.5) is 11.4 Å². The lowest BCUT2D eigenvalue weighted by molar-refractivity contribution is -0.646. The quantitative estimate of drug-likeness (QED) is 0.284. The SMILES string of the molecule is COC(=O)C(=NN(C)c1ccc(N2CCCC2)cc1)c1ccc2ccccc2[n+]1C. The van der Waals surface area contributed by atoms with Crippen molar-refractivity contribution in [2.75, 3.05) is 37.2 Å². The van der Waals surface area contributed by atoms with Crippen LogP contribution in [0.1, 0.15) is 18.5 Å². The van der Waals surface area contributed by atoms with Crippen molar-refractivity contribution in [3.05, 3.63) is 66.4 Å². The van der Waals surface area contributed by atoms with Gasteiger partial charge in [0.05, 0.1) is 12.8 Å². The van der Waals surface area contributed by atoms with Crippen molar-refractivity contribution in [2.45, 2.75) is 12.8 Å². The topological polar surface area (TPSA) is 49.0 Å². The third kappa shape index (κ3) is 3.85. The Balaban J connectivity index is 1.68. The van der Waals surface area contributed by atoms with Crippen LogP contribution in [-0.2, 0) is 16.6 Å². The van der Waals surface area contributed by atoms with E-state index in [4.69, 9.17) is 4.74 Å². The first kappa shape index (κ1) is 19.9. The van der Waals surface area contributed by atoms with E-state index in [0.29, 0.717) is 5.69 Å². The highest BCUT2D eigenvalue weighted by atomic mass is 16.5. The van der Waals surface area contributed by atoms with Gasteiger partial charge in [-0.3, -0.25) is 5.01 Å². The van der Waals surface area contributed by atoms with E-state index in [1.165, 1.54) is 25.6 Å². The summed E-state index contributed by atoms with van der Waals surface area (Å²) < 4.78 is 7.01. The Labute approximate surface area is 177 Å². The van der Waals surface area contributed by atoms with Gasteiger partial charge in [0.15, 0.2) is 0 Å². The molecule has 0 radical (unpaired) electrons. The van der Waals surface area contributed by atoms with Crippen LogP contribution >= 0.6 is 0 Å². The molecule has 1 fully saturated rings. The normalized spacial score (nSPS) is 14.2. The fourth-order valence-electron chi connectivity index (χ4n) is 3.94. The van der Waals surface area contributed by atoms with Gasteiger partial charge in [0, 0.05) is 43.3 Å². The lowest BCUT2D eigenvalue weighted by Gasteiger charge is -2.19. The molecule has 0 bridgehead atoms. The molecule has 1 saturated heterocycles. The second kappa shape index (κ2) is 8.53. The number of hydrogen-bond acceptors (Lipinski definition) is 5. The first-order valence-corrected chi connectivity index (χ1v) is 10.2. The first-order chi connectivity index (χ1) is 14.6. The van der Waals surface area contributed by atoms with Crippen LogP contribution in [0.15, 0.2) is 65.8 Å². The number of methoxy groups -OCH3 is 1. The van der Waals surface area contributed by atoms with Gasteiger partial charge < -0.3 is 9.64 Å². The number of anilines is 2. The number of aryl methyl sites for hydroxylation is 1. The lowest BCUT2D eigenvalue weighted by Crippen LogP contribution is -2.40. The summed E-state index contributed by atoms with van der Waals surface area (Å²) in [6.07, 6.45) is 2.49. The van der Waals surface area contributed by atoms with E-state index in [1.807, 2.05) is 67.2 Å². The molecule has 2 aromatic carbocycles. The molecule has 6 nitrogen and oxygen atoms in total. The van der Waals surface area contributed by atoms with E-state index in [1.54, 1.807) is 5.01 Å². The summed E-state index contributed by atoms with van der Waals surface area (Å²) in [6, 6.07) is 20.2. The summed E-state index contributed by atoms with van der Waals surface area (Å²) in [5.74, 6) is -0.471. The highest BCUT2D eigenvalue weighted by Gasteiger charge is 2.26. The van der Waals surface area contributed by atoms with Crippen molar-refractivity contribution >= 4 is 34.0 Å². The lowest BCUT2D eigenvalue weighted by atomic mass is 10.1. The standard InChI is InChI=1S/C24H27N4O2/c1-26-21-9-5-4-8-18(21)10-15-22(26)23(24(29)30-3)25-27(2)19-11-13-20(14-12-19)28-16-6-7-17-28/h4-5,8-15H,6-7,16-17H2,1-3H3/q+1. The van der Waals surface area contributed by atoms with Crippen molar-refractivity contribution in [2.24, 2.45) is 12.1 Å². The number of nitrogens with zero attached hydrogens (tertiary/aromatic N) is 4. The summed E-state index contributed by atoms with van der Waals surface area (Å²) in [5, 5.41) is 7.44. The van der Waals surface area contributed by atoms with Crippen LogP contribution in [0.3, 0.4) is 0 Å². The molecule has 30 heavy (non-hydrogen) atoms. The third-order valence-corrected chi connectivity index (χ3v) is 5.65. The molecule has 1 aliphatic heterocycles. The van der Waals surface area contributed by atoms with Gasteiger partial charge in [-0.2, -0.15) is 9.67 Å². The number of hydrazone groups is 1. The summed E-state index contributed by atoms with van der Waals surface area (Å²) >= 11 is 0. The van der Waals surface area contributed by atoms with E-state index in [9.17, 15) is 4.79 Å². The Kier molecular flexibility index (Phi) is 5.65. The second-order valence-electron chi connectivity index (χ2n) is 7.51. The van der Waals surface area contributed by atoms with Gasteiger partial charge >= 0.3 is 5.97 Å². The third-order valence-electron chi connectivity index (χ3n) is 5.65. The van der Waals surface area contributed by atoms with Crippen molar-refractivity contribution in [3.8, 4) is 0 Å². The van der Waals surface area contributed by atoms with Crippen LogP contribution in [-0.4, -0.2) is 38.9 Å². The average Bonchev–Trinajstić information content (AvgIpc) is 3.33. The molecule has 0 amide bonds. The Morgan fingerprint density at radius 1 is 1.03 bits per heavy atom. The number of pyridine rings is 1. The number of carbonyl (C=O) groups is 1. The van der Waals surface area contributed by atoms with Crippen molar-refractivity contribution in [1.29, 1.82) is 0 Å². The zero-order chi connectivity index (χ0) is 21.1. The van der Waals surface area contributed by atoms with Gasteiger partial charge in [-0.15, -0.1) is 0 Å². The number of rotatable bonds is 5. The van der Waals surface area contributed by atoms with Gasteiger partial charge in [0.25, 0.3) is 0 Å². The van der Waals surface area contributed by atoms with E-state index in [0.717, 1.165) is 29.7 Å². The molecular formula is C24H27N4O2+. The monoisotopic (exact) mass is 403 g/mol. The number of esters is 1. The van der Waals surface area contributed by atoms with Crippen molar-refractivity contribution in [1.82, 2.24) is 0 Å². The zero-order valence-corrected chi connectivity index (χ0v) is 17.7. The Morgan fingerprint density at radius 2 is 1.73 bits per heavy atom. The number of hydrogen-bond donors (Lipinski definition) is 0. The number of fused-ring (bicyclic) bond motifs is 1. The predicted octanol–water partition coefficient (Wildman–Crippen LogP) is 3.28. The minimum absolute atomic E-state index is 0.261.